The lowest BCUT2D eigenvalue weighted by molar-refractivity contribution is -0.543. The molecule has 3 aromatic rings. The molecule has 4 rings (SSSR count). The highest BCUT2D eigenvalue weighted by Gasteiger charge is 2.38. The first-order valence-electron chi connectivity index (χ1n) is 10.3. The maximum atomic E-state index is 10.8. The van der Waals surface area contributed by atoms with Gasteiger partial charge in [-0.05, 0) is 0 Å². The molecule has 1 aromatic carbocycles. The van der Waals surface area contributed by atoms with E-state index in [1.165, 1.54) is 0 Å². The Labute approximate surface area is 185 Å². The summed E-state index contributed by atoms with van der Waals surface area (Å²) >= 11 is 0. The third-order valence-electron chi connectivity index (χ3n) is 5.17. The third kappa shape index (κ3) is 4.63. The van der Waals surface area contributed by atoms with Gasteiger partial charge in [-0.2, -0.15) is 10.1 Å². The summed E-state index contributed by atoms with van der Waals surface area (Å²) in [6.45, 7) is 0.0599. The van der Waals surface area contributed by atoms with E-state index in [9.17, 15) is 10.2 Å². The van der Waals surface area contributed by atoms with Gasteiger partial charge in [-0.1, -0.05) is 30.3 Å². The lowest BCUT2D eigenvalue weighted by atomic mass is 10.1. The molecule has 1 aliphatic heterocycles. The summed E-state index contributed by atoms with van der Waals surface area (Å²) in [5.41, 5.74) is 2.22. The molecule has 1 saturated heterocycles. The Kier molecular flexibility index (Phi) is 6.19. The second-order valence-electron chi connectivity index (χ2n) is 7.69. The van der Waals surface area contributed by atoms with Crippen LogP contribution in [0.2, 0.25) is 0 Å². The van der Waals surface area contributed by atoms with Crippen LogP contribution >= 0.6 is 0 Å². The van der Waals surface area contributed by atoms with Crippen molar-refractivity contribution in [2.75, 3.05) is 25.6 Å². The Balaban J connectivity index is 1.66. The van der Waals surface area contributed by atoms with Gasteiger partial charge in [0, 0.05) is 37.4 Å². The van der Waals surface area contributed by atoms with Crippen molar-refractivity contribution in [2.24, 2.45) is 7.05 Å². The van der Waals surface area contributed by atoms with Crippen LogP contribution in [-0.2, 0) is 11.8 Å². The molecule has 1 aliphatic rings. The molecule has 0 aliphatic carbocycles. The van der Waals surface area contributed by atoms with Crippen LogP contribution < -0.4 is 15.4 Å². The minimum absolute atomic E-state index is 0.00284. The molecule has 0 radical (unpaired) electrons. The van der Waals surface area contributed by atoms with Gasteiger partial charge in [-0.15, -0.1) is 0 Å². The van der Waals surface area contributed by atoms with E-state index in [2.05, 4.69) is 15.4 Å². The largest absolute Gasteiger partial charge is 0.459 e. The average molecular weight is 439 g/mol. The van der Waals surface area contributed by atoms with E-state index < -0.39 is 11.9 Å². The van der Waals surface area contributed by atoms with E-state index >= 15 is 0 Å². The molecule has 2 atom stereocenters. The number of pyridine rings is 1. The Morgan fingerprint density at radius 3 is 2.81 bits per heavy atom. The maximum Gasteiger partial charge on any atom is 0.238 e. The summed E-state index contributed by atoms with van der Waals surface area (Å²) in [6.07, 6.45) is 0.297. The number of aliphatic hydroxyl groups excluding tert-OH is 1. The molecular formula is C22H27N6O4+. The number of rotatable bonds is 7. The molecule has 0 amide bonds. The standard InChI is InChI=1S/C22H26N6O4/c1-24-21-16(11-23)18(32-22(30)10-15(29)12-31-13-22)9-19(26-21)25-20-8-17(27-28(20)2)14-6-4-3-5-7-14/h3-9,11,15,23,29-30H,10,12-13H2,1-2H3,(H2,24,25,26)/p+1/t15-,22+/m0/s1. The molecular weight excluding hydrogens is 412 g/mol. The molecule has 32 heavy (non-hydrogen) atoms. The number of benzene rings is 1. The van der Waals surface area contributed by atoms with Crippen LogP contribution in [0.4, 0.5) is 17.5 Å². The lowest BCUT2D eigenvalue weighted by Gasteiger charge is -2.35. The fourth-order valence-electron chi connectivity index (χ4n) is 3.65. The molecule has 3 heterocycles. The predicted molar refractivity (Wildman–Crippen MR) is 119 cm³/mol. The zero-order chi connectivity index (χ0) is 22.7. The minimum Gasteiger partial charge on any atom is -0.459 e. The number of hydrogen-bond acceptors (Lipinski definition) is 8. The second-order valence-corrected chi connectivity index (χ2v) is 7.69. The van der Waals surface area contributed by atoms with Gasteiger partial charge in [0.1, 0.15) is 29.6 Å². The van der Waals surface area contributed by atoms with Crippen molar-refractivity contribution < 1.29 is 25.0 Å². The fraction of sp³-hybridized carbons (Fsp3) is 0.318. The highest BCUT2D eigenvalue weighted by Crippen LogP contribution is 2.32. The number of nitrogens with two attached hydrogens (primary N) is 1. The lowest BCUT2D eigenvalue weighted by Crippen LogP contribution is -2.73. The highest BCUT2D eigenvalue weighted by atomic mass is 16.7. The number of ether oxygens (including phenoxy) is 2. The average Bonchev–Trinajstić information content (AvgIpc) is 3.13. The van der Waals surface area contributed by atoms with Gasteiger partial charge >= 0.3 is 0 Å². The van der Waals surface area contributed by atoms with Gasteiger partial charge in [-0.25, -0.2) is 0 Å². The van der Waals surface area contributed by atoms with E-state index in [0.29, 0.717) is 23.0 Å². The summed E-state index contributed by atoms with van der Waals surface area (Å²) in [4.78, 5) is 4.57. The molecule has 6 N–H and O–H groups in total. The normalized spacial score (nSPS) is 20.7. The van der Waals surface area contributed by atoms with Gasteiger partial charge in [0.15, 0.2) is 0 Å². The first-order chi connectivity index (χ1) is 15.4. The minimum atomic E-state index is -1.70. The molecule has 0 saturated carbocycles. The number of quaternary nitrogens is 1. The van der Waals surface area contributed by atoms with Crippen LogP contribution in [0, 0.1) is 5.41 Å². The first-order valence-corrected chi connectivity index (χ1v) is 10.3. The Hall–Kier alpha value is -3.31. The van der Waals surface area contributed by atoms with Crippen molar-refractivity contribution in [1.82, 2.24) is 14.8 Å². The molecule has 10 nitrogen and oxygen atoms in total. The van der Waals surface area contributed by atoms with E-state index in [1.807, 2.05) is 50.5 Å². The van der Waals surface area contributed by atoms with E-state index in [0.717, 1.165) is 17.5 Å². The molecule has 1 fully saturated rings. The maximum absolute atomic E-state index is 10.8. The quantitative estimate of drug-likeness (QED) is 0.272. The van der Waals surface area contributed by atoms with Crippen LogP contribution in [0.3, 0.4) is 0 Å². The molecule has 0 spiro atoms. The van der Waals surface area contributed by atoms with Crippen LogP contribution in [0.1, 0.15) is 12.0 Å². The highest BCUT2D eigenvalue weighted by molar-refractivity contribution is 5.87. The molecule has 2 aromatic heterocycles. The van der Waals surface area contributed by atoms with Crippen molar-refractivity contribution >= 4 is 23.7 Å². The van der Waals surface area contributed by atoms with Crippen molar-refractivity contribution in [2.45, 2.75) is 18.3 Å². The van der Waals surface area contributed by atoms with Crippen LogP contribution in [0.5, 0.6) is 5.75 Å². The van der Waals surface area contributed by atoms with Gasteiger partial charge in [-0.3, -0.25) is 10.00 Å². The van der Waals surface area contributed by atoms with Gasteiger partial charge in [0.2, 0.25) is 11.6 Å². The Morgan fingerprint density at radius 2 is 2.12 bits per heavy atom. The first kappa shape index (κ1) is 21.9. The topological polar surface area (TPSA) is 142 Å². The van der Waals surface area contributed by atoms with Crippen molar-refractivity contribution in [3.63, 3.8) is 0 Å². The van der Waals surface area contributed by atoms with Crippen molar-refractivity contribution in [3.05, 3.63) is 48.0 Å². The number of aryl methyl sites for hydroxylation is 1. The summed E-state index contributed by atoms with van der Waals surface area (Å²) in [5.74, 6) is 0.248. The van der Waals surface area contributed by atoms with Gasteiger partial charge in [0.05, 0.1) is 25.5 Å². The SMILES string of the molecule is C[NH2+]c1nc(Nc2cc(-c3ccccc3)nn2C)cc(O[C@@]2(O)COC[C@@H](O)C2)c1C=N. The number of nitrogens with zero attached hydrogens (tertiary/aromatic N) is 3. The summed E-state index contributed by atoms with van der Waals surface area (Å²) < 4.78 is 12.8. The number of anilines is 2. The van der Waals surface area contributed by atoms with Crippen LogP contribution in [-0.4, -0.2) is 63.3 Å². The number of hydrogen-bond donors (Lipinski definition) is 5. The molecule has 10 heteroatoms. The monoisotopic (exact) mass is 439 g/mol. The zero-order valence-electron chi connectivity index (χ0n) is 17.9. The zero-order valence-corrected chi connectivity index (χ0v) is 17.9. The molecule has 0 bridgehead atoms. The number of nitrogens with one attached hydrogen (secondary N) is 2. The fourth-order valence-corrected chi connectivity index (χ4v) is 3.65. The Bertz CT molecular complexity index is 1100. The predicted octanol–water partition coefficient (Wildman–Crippen LogP) is 0.897. The van der Waals surface area contributed by atoms with Gasteiger partial charge < -0.3 is 30.4 Å². The van der Waals surface area contributed by atoms with E-state index in [1.54, 1.807) is 16.1 Å². The van der Waals surface area contributed by atoms with Gasteiger partial charge in [0.25, 0.3) is 0 Å². The third-order valence-corrected chi connectivity index (χ3v) is 5.17. The Morgan fingerprint density at radius 1 is 1.34 bits per heavy atom. The molecule has 0 unspecified atom stereocenters. The smallest absolute Gasteiger partial charge is 0.238 e. The van der Waals surface area contributed by atoms with Crippen molar-refractivity contribution in [3.8, 4) is 17.0 Å². The van der Waals surface area contributed by atoms with E-state index in [-0.39, 0.29) is 25.4 Å². The summed E-state index contributed by atoms with van der Waals surface area (Å²) in [6, 6.07) is 13.4. The number of aliphatic hydroxyl groups is 2. The number of aromatic nitrogens is 3. The summed E-state index contributed by atoms with van der Waals surface area (Å²) in [7, 11) is 3.64. The van der Waals surface area contributed by atoms with Crippen LogP contribution in [0.15, 0.2) is 42.5 Å². The van der Waals surface area contributed by atoms with E-state index in [4.69, 9.17) is 14.9 Å². The second kappa shape index (κ2) is 9.05. The van der Waals surface area contributed by atoms with Crippen LogP contribution in [0.25, 0.3) is 11.3 Å². The van der Waals surface area contributed by atoms with Crippen molar-refractivity contribution in [1.29, 1.82) is 5.41 Å². The summed E-state index contributed by atoms with van der Waals surface area (Å²) in [5, 5.41) is 38.0. The molecule has 168 valence electrons.